The summed E-state index contributed by atoms with van der Waals surface area (Å²) in [5.41, 5.74) is 0. The number of rotatable bonds is 5. The Morgan fingerprint density at radius 1 is 1.48 bits per heavy atom. The molecule has 0 amide bonds. The number of fused-ring (bicyclic) bond motifs is 1. The fourth-order valence-electron chi connectivity index (χ4n) is 2.53. The van der Waals surface area contributed by atoms with Crippen molar-refractivity contribution in [2.45, 2.75) is 30.4 Å². The fourth-order valence-corrected chi connectivity index (χ4v) is 3.61. The van der Waals surface area contributed by atoms with Crippen LogP contribution in [0.4, 0.5) is 0 Å². The zero-order chi connectivity index (χ0) is 14.7. The smallest absolute Gasteiger partial charge is 0.138 e. The monoisotopic (exact) mass is 304 g/mol. The standard InChI is InChI=1S/C15H20N4OS/c1-3-16-11(8-15-17-10-18-19(15)2)13-9-21-14-7-5-4-6-12(14)20-13/h4-7,10-11,13,16H,3,8-9H2,1-2H3. The van der Waals surface area contributed by atoms with E-state index < -0.39 is 0 Å². The number of hydrogen-bond donors (Lipinski definition) is 1. The van der Waals surface area contributed by atoms with E-state index in [1.165, 1.54) is 4.90 Å². The van der Waals surface area contributed by atoms with Crippen LogP contribution < -0.4 is 10.1 Å². The highest BCUT2D eigenvalue weighted by Gasteiger charge is 2.28. The molecule has 1 N–H and O–H groups in total. The molecular formula is C15H20N4OS. The van der Waals surface area contributed by atoms with Crippen LogP contribution in [-0.2, 0) is 13.5 Å². The van der Waals surface area contributed by atoms with Crippen molar-refractivity contribution >= 4 is 11.8 Å². The highest BCUT2D eigenvalue weighted by atomic mass is 32.2. The summed E-state index contributed by atoms with van der Waals surface area (Å²) in [6, 6.07) is 8.46. The van der Waals surface area contributed by atoms with E-state index in [1.807, 2.05) is 35.6 Å². The van der Waals surface area contributed by atoms with E-state index in [4.69, 9.17) is 4.74 Å². The van der Waals surface area contributed by atoms with Gasteiger partial charge in [-0.25, -0.2) is 4.98 Å². The van der Waals surface area contributed by atoms with Gasteiger partial charge < -0.3 is 10.1 Å². The number of aromatic nitrogens is 3. The van der Waals surface area contributed by atoms with Crippen molar-refractivity contribution in [1.29, 1.82) is 0 Å². The Morgan fingerprint density at radius 2 is 2.33 bits per heavy atom. The van der Waals surface area contributed by atoms with E-state index in [2.05, 4.69) is 34.5 Å². The molecule has 0 fully saturated rings. The van der Waals surface area contributed by atoms with Gasteiger partial charge in [0.2, 0.25) is 0 Å². The molecule has 0 aliphatic carbocycles. The average Bonchev–Trinajstić information content (AvgIpc) is 2.91. The van der Waals surface area contributed by atoms with Crippen LogP contribution in [-0.4, -0.2) is 39.2 Å². The van der Waals surface area contributed by atoms with Gasteiger partial charge in [0, 0.05) is 24.1 Å². The minimum Gasteiger partial charge on any atom is -0.487 e. The first-order valence-electron chi connectivity index (χ1n) is 7.22. The van der Waals surface area contributed by atoms with Gasteiger partial charge in [0.1, 0.15) is 24.0 Å². The van der Waals surface area contributed by atoms with Crippen molar-refractivity contribution < 1.29 is 4.74 Å². The lowest BCUT2D eigenvalue weighted by molar-refractivity contribution is 0.164. The maximum absolute atomic E-state index is 6.19. The molecule has 1 aliphatic rings. The Balaban J connectivity index is 1.74. The number of nitrogens with zero attached hydrogens (tertiary/aromatic N) is 3. The maximum atomic E-state index is 6.19. The SMILES string of the molecule is CCNC(Cc1ncnn1C)C1CSc2ccccc2O1. The summed E-state index contributed by atoms with van der Waals surface area (Å²) < 4.78 is 8.02. The van der Waals surface area contributed by atoms with Gasteiger partial charge in [-0.1, -0.05) is 19.1 Å². The first-order chi connectivity index (χ1) is 10.3. The van der Waals surface area contributed by atoms with Gasteiger partial charge in [0.15, 0.2) is 0 Å². The summed E-state index contributed by atoms with van der Waals surface area (Å²) in [6.07, 6.45) is 2.56. The Bertz CT molecular complexity index is 601. The fraction of sp³-hybridized carbons (Fsp3) is 0.467. The van der Waals surface area contributed by atoms with Gasteiger partial charge in [-0.2, -0.15) is 5.10 Å². The predicted molar refractivity (Wildman–Crippen MR) is 83.8 cm³/mol. The van der Waals surface area contributed by atoms with Gasteiger partial charge in [0.25, 0.3) is 0 Å². The molecule has 1 aliphatic heterocycles. The van der Waals surface area contributed by atoms with Crippen LogP contribution in [0, 0.1) is 0 Å². The molecular weight excluding hydrogens is 284 g/mol. The number of hydrogen-bond acceptors (Lipinski definition) is 5. The van der Waals surface area contributed by atoms with E-state index in [0.29, 0.717) is 0 Å². The summed E-state index contributed by atoms with van der Waals surface area (Å²) in [7, 11) is 1.93. The Morgan fingerprint density at radius 3 is 3.10 bits per heavy atom. The number of nitrogens with one attached hydrogen (secondary N) is 1. The maximum Gasteiger partial charge on any atom is 0.138 e. The Hall–Kier alpha value is -1.53. The molecule has 0 bridgehead atoms. The van der Waals surface area contributed by atoms with Crippen LogP contribution >= 0.6 is 11.8 Å². The molecule has 3 rings (SSSR count). The van der Waals surface area contributed by atoms with Crippen LogP contribution in [0.3, 0.4) is 0 Å². The second-order valence-electron chi connectivity index (χ2n) is 5.08. The van der Waals surface area contributed by atoms with Gasteiger partial charge in [-0.15, -0.1) is 11.8 Å². The van der Waals surface area contributed by atoms with Gasteiger partial charge in [-0.3, -0.25) is 4.68 Å². The number of likely N-dealkylation sites (N-methyl/N-ethyl adjacent to an activating group) is 1. The highest BCUT2D eigenvalue weighted by Crippen LogP contribution is 2.35. The lowest BCUT2D eigenvalue weighted by atomic mass is 10.1. The molecule has 2 unspecified atom stereocenters. The Labute approximate surface area is 129 Å². The summed E-state index contributed by atoms with van der Waals surface area (Å²) in [5, 5.41) is 7.67. The molecule has 21 heavy (non-hydrogen) atoms. The van der Waals surface area contributed by atoms with Crippen LogP contribution in [0.1, 0.15) is 12.7 Å². The highest BCUT2D eigenvalue weighted by molar-refractivity contribution is 7.99. The average molecular weight is 304 g/mol. The minimum absolute atomic E-state index is 0.140. The van der Waals surface area contributed by atoms with Gasteiger partial charge in [0.05, 0.1) is 6.04 Å². The number of para-hydroxylation sites is 1. The molecule has 6 heteroatoms. The van der Waals surface area contributed by atoms with Crippen molar-refractivity contribution in [2.75, 3.05) is 12.3 Å². The van der Waals surface area contributed by atoms with E-state index in [0.717, 1.165) is 30.3 Å². The first kappa shape index (κ1) is 14.4. The molecule has 112 valence electrons. The van der Waals surface area contributed by atoms with E-state index in [9.17, 15) is 0 Å². The zero-order valence-corrected chi connectivity index (χ0v) is 13.1. The first-order valence-corrected chi connectivity index (χ1v) is 8.21. The van der Waals surface area contributed by atoms with Crippen molar-refractivity contribution in [1.82, 2.24) is 20.1 Å². The molecule has 2 heterocycles. The van der Waals surface area contributed by atoms with E-state index >= 15 is 0 Å². The number of aryl methyl sites for hydroxylation is 1. The molecule has 1 aromatic carbocycles. The largest absolute Gasteiger partial charge is 0.487 e. The summed E-state index contributed by atoms with van der Waals surface area (Å²) >= 11 is 1.86. The van der Waals surface area contributed by atoms with Crippen molar-refractivity contribution in [3.63, 3.8) is 0 Å². The van der Waals surface area contributed by atoms with E-state index in [1.54, 1.807) is 6.33 Å². The summed E-state index contributed by atoms with van der Waals surface area (Å²) in [6.45, 7) is 3.03. The molecule has 0 radical (unpaired) electrons. The molecule has 0 spiro atoms. The third-order valence-electron chi connectivity index (χ3n) is 3.65. The summed E-state index contributed by atoms with van der Waals surface area (Å²) in [4.78, 5) is 5.55. The molecule has 2 atom stereocenters. The second kappa shape index (κ2) is 6.49. The molecule has 0 saturated heterocycles. The normalized spacial score (nSPS) is 18.9. The van der Waals surface area contributed by atoms with E-state index in [-0.39, 0.29) is 12.1 Å². The number of ether oxygens (including phenoxy) is 1. The lowest BCUT2D eigenvalue weighted by Crippen LogP contribution is -2.47. The number of benzene rings is 1. The van der Waals surface area contributed by atoms with Gasteiger partial charge >= 0.3 is 0 Å². The van der Waals surface area contributed by atoms with Crippen molar-refractivity contribution in [3.8, 4) is 5.75 Å². The molecule has 0 saturated carbocycles. The van der Waals surface area contributed by atoms with Crippen molar-refractivity contribution in [2.24, 2.45) is 7.05 Å². The van der Waals surface area contributed by atoms with Crippen LogP contribution in [0.15, 0.2) is 35.5 Å². The minimum atomic E-state index is 0.140. The topological polar surface area (TPSA) is 52.0 Å². The van der Waals surface area contributed by atoms with Crippen LogP contribution in [0.25, 0.3) is 0 Å². The zero-order valence-electron chi connectivity index (χ0n) is 12.3. The lowest BCUT2D eigenvalue weighted by Gasteiger charge is -2.32. The van der Waals surface area contributed by atoms with Crippen LogP contribution in [0.5, 0.6) is 5.75 Å². The second-order valence-corrected chi connectivity index (χ2v) is 6.14. The van der Waals surface area contributed by atoms with Crippen LogP contribution in [0.2, 0.25) is 0 Å². The molecule has 2 aromatic rings. The number of thioether (sulfide) groups is 1. The van der Waals surface area contributed by atoms with Gasteiger partial charge in [-0.05, 0) is 18.7 Å². The molecule has 5 nitrogen and oxygen atoms in total. The van der Waals surface area contributed by atoms with Crippen molar-refractivity contribution in [3.05, 3.63) is 36.4 Å². The quantitative estimate of drug-likeness (QED) is 0.914. The molecule has 1 aromatic heterocycles. The third-order valence-corrected chi connectivity index (χ3v) is 4.80. The summed E-state index contributed by atoms with van der Waals surface area (Å²) in [5.74, 6) is 2.92. The predicted octanol–water partition coefficient (Wildman–Crippen LogP) is 1.89. The Kier molecular flexibility index (Phi) is 4.45. The third kappa shape index (κ3) is 3.22.